The molecule has 3 heteroatoms. The predicted octanol–water partition coefficient (Wildman–Crippen LogP) is 5.84. The van der Waals surface area contributed by atoms with Crippen molar-refractivity contribution in [3.05, 3.63) is 72.1 Å². The van der Waals surface area contributed by atoms with Gasteiger partial charge in [-0.3, -0.25) is 9.97 Å². The first-order valence-electron chi connectivity index (χ1n) is 8.85. The molecule has 26 heavy (non-hydrogen) atoms. The average molecular weight is 336 g/mol. The number of hydrogen-bond donors (Lipinski definition) is 0. The largest absolute Gasteiger partial charge is 0.456 e. The summed E-state index contributed by atoms with van der Waals surface area (Å²) < 4.78 is 6.22. The van der Waals surface area contributed by atoms with Gasteiger partial charge in [0.2, 0.25) is 0 Å². The maximum atomic E-state index is 6.22. The number of hydrogen-bond acceptors (Lipinski definition) is 3. The van der Waals surface area contributed by atoms with Crippen molar-refractivity contribution in [2.24, 2.45) is 0 Å². The first-order valence-corrected chi connectivity index (χ1v) is 8.85. The van der Waals surface area contributed by atoms with Gasteiger partial charge in [0.25, 0.3) is 0 Å². The maximum Gasteiger partial charge on any atom is 0.137 e. The summed E-state index contributed by atoms with van der Waals surface area (Å²) in [4.78, 5) is 9.14. The molecule has 3 aromatic heterocycles. The van der Waals surface area contributed by atoms with Crippen molar-refractivity contribution in [1.29, 1.82) is 0 Å². The van der Waals surface area contributed by atoms with E-state index in [0.29, 0.717) is 0 Å². The molecule has 0 atom stereocenters. The van der Waals surface area contributed by atoms with Gasteiger partial charge in [-0.2, -0.15) is 0 Å². The zero-order valence-corrected chi connectivity index (χ0v) is 14.6. The maximum absolute atomic E-state index is 6.22. The third-order valence-electron chi connectivity index (χ3n) is 5.72. The molecule has 0 aliphatic heterocycles. The molecule has 0 saturated heterocycles. The Morgan fingerprint density at radius 1 is 0.885 bits per heavy atom. The van der Waals surface area contributed by atoms with Crippen molar-refractivity contribution in [3.63, 3.8) is 0 Å². The van der Waals surface area contributed by atoms with Crippen LogP contribution in [0.1, 0.15) is 25.0 Å². The number of fused-ring (bicyclic) bond motifs is 8. The Balaban J connectivity index is 1.83. The fourth-order valence-corrected chi connectivity index (χ4v) is 4.54. The fraction of sp³-hybridized carbons (Fsp3) is 0.130. The van der Waals surface area contributed by atoms with Crippen LogP contribution in [0, 0.1) is 0 Å². The quantitative estimate of drug-likeness (QED) is 0.357. The van der Waals surface area contributed by atoms with E-state index in [2.05, 4.69) is 54.1 Å². The first kappa shape index (κ1) is 14.0. The summed E-state index contributed by atoms with van der Waals surface area (Å²) in [6, 6.07) is 16.8. The van der Waals surface area contributed by atoms with E-state index in [0.717, 1.165) is 33.1 Å². The lowest BCUT2D eigenvalue weighted by Crippen LogP contribution is -2.15. The van der Waals surface area contributed by atoms with E-state index in [1.807, 2.05) is 30.6 Å². The Labute approximate surface area is 150 Å². The molecule has 1 aliphatic carbocycles. The molecule has 0 fully saturated rings. The zero-order chi connectivity index (χ0) is 17.5. The number of rotatable bonds is 0. The minimum Gasteiger partial charge on any atom is -0.456 e. The summed E-state index contributed by atoms with van der Waals surface area (Å²) in [6.45, 7) is 4.56. The van der Waals surface area contributed by atoms with Gasteiger partial charge in [-0.25, -0.2) is 0 Å². The third kappa shape index (κ3) is 1.58. The number of furan rings is 1. The van der Waals surface area contributed by atoms with E-state index in [-0.39, 0.29) is 5.41 Å². The van der Waals surface area contributed by atoms with Crippen molar-refractivity contribution in [2.45, 2.75) is 19.3 Å². The summed E-state index contributed by atoms with van der Waals surface area (Å²) in [7, 11) is 0. The Morgan fingerprint density at radius 2 is 1.73 bits per heavy atom. The van der Waals surface area contributed by atoms with Gasteiger partial charge in [0.15, 0.2) is 0 Å². The highest BCUT2D eigenvalue weighted by Gasteiger charge is 2.38. The number of pyridine rings is 2. The van der Waals surface area contributed by atoms with Crippen LogP contribution in [-0.4, -0.2) is 9.97 Å². The van der Waals surface area contributed by atoms with Crippen molar-refractivity contribution in [2.75, 3.05) is 0 Å². The van der Waals surface area contributed by atoms with Crippen molar-refractivity contribution >= 4 is 32.8 Å². The fourth-order valence-electron chi connectivity index (χ4n) is 4.54. The molecule has 0 radical (unpaired) electrons. The third-order valence-corrected chi connectivity index (χ3v) is 5.72. The van der Waals surface area contributed by atoms with Gasteiger partial charge in [0, 0.05) is 45.6 Å². The molecule has 3 heterocycles. The molecule has 0 bridgehead atoms. The molecule has 5 aromatic rings. The lowest BCUT2D eigenvalue weighted by molar-refractivity contribution is 0.656. The van der Waals surface area contributed by atoms with Crippen LogP contribution in [0.25, 0.3) is 44.1 Å². The van der Waals surface area contributed by atoms with Crippen LogP contribution in [0.4, 0.5) is 0 Å². The van der Waals surface area contributed by atoms with Crippen LogP contribution in [0.3, 0.4) is 0 Å². The van der Waals surface area contributed by atoms with E-state index < -0.39 is 0 Å². The Morgan fingerprint density at radius 3 is 2.65 bits per heavy atom. The Bertz CT molecular complexity index is 1360. The Hall–Kier alpha value is -3.20. The first-order chi connectivity index (χ1) is 12.6. The van der Waals surface area contributed by atoms with Crippen molar-refractivity contribution in [3.8, 4) is 11.3 Å². The smallest absolute Gasteiger partial charge is 0.137 e. The van der Waals surface area contributed by atoms with E-state index in [4.69, 9.17) is 4.42 Å². The highest BCUT2D eigenvalue weighted by molar-refractivity contribution is 6.13. The van der Waals surface area contributed by atoms with Crippen LogP contribution in [0.2, 0.25) is 0 Å². The van der Waals surface area contributed by atoms with E-state index in [1.165, 1.54) is 22.1 Å². The molecule has 0 amide bonds. The van der Waals surface area contributed by atoms with Gasteiger partial charge < -0.3 is 4.42 Å². The molecule has 0 saturated carbocycles. The molecule has 3 nitrogen and oxygen atoms in total. The lowest BCUT2D eigenvalue weighted by Gasteiger charge is -2.21. The highest BCUT2D eigenvalue weighted by atomic mass is 16.3. The lowest BCUT2D eigenvalue weighted by atomic mass is 9.80. The van der Waals surface area contributed by atoms with Crippen molar-refractivity contribution < 1.29 is 4.42 Å². The van der Waals surface area contributed by atoms with Crippen LogP contribution in [0.15, 0.2) is 65.3 Å². The standard InChI is InChI=1S/C23H16N2O/c1-23(2)16-6-4-10-25-22(16)14-7-8-18-20(21(14)23)15-11-13-5-3-9-24-17(13)12-19(15)26-18/h3-12H,1-2H3. The molecule has 6 rings (SSSR count). The molecule has 0 spiro atoms. The topological polar surface area (TPSA) is 38.9 Å². The van der Waals surface area contributed by atoms with Crippen LogP contribution in [0.5, 0.6) is 0 Å². The van der Waals surface area contributed by atoms with Gasteiger partial charge in [0.05, 0.1) is 11.2 Å². The molecule has 1 aliphatic rings. The second-order valence-electron chi connectivity index (χ2n) is 7.53. The molecule has 0 N–H and O–H groups in total. The van der Waals surface area contributed by atoms with Gasteiger partial charge in [-0.15, -0.1) is 0 Å². The van der Waals surface area contributed by atoms with Crippen LogP contribution in [-0.2, 0) is 5.41 Å². The number of nitrogens with zero attached hydrogens (tertiary/aromatic N) is 2. The molecule has 2 aromatic carbocycles. The van der Waals surface area contributed by atoms with E-state index in [1.54, 1.807) is 0 Å². The van der Waals surface area contributed by atoms with E-state index in [9.17, 15) is 0 Å². The van der Waals surface area contributed by atoms with Gasteiger partial charge >= 0.3 is 0 Å². The van der Waals surface area contributed by atoms with Gasteiger partial charge in [0.1, 0.15) is 11.2 Å². The summed E-state index contributed by atoms with van der Waals surface area (Å²) in [5.74, 6) is 0. The van der Waals surface area contributed by atoms with Gasteiger partial charge in [-0.1, -0.05) is 26.0 Å². The summed E-state index contributed by atoms with van der Waals surface area (Å²) in [5, 5.41) is 3.48. The van der Waals surface area contributed by atoms with E-state index >= 15 is 0 Å². The molecule has 0 unspecified atom stereocenters. The SMILES string of the molecule is CC1(C)c2cccnc2-c2ccc3oc4cc5ncccc5cc4c3c21. The van der Waals surface area contributed by atoms with Crippen molar-refractivity contribution in [1.82, 2.24) is 9.97 Å². The zero-order valence-electron chi connectivity index (χ0n) is 14.6. The number of aromatic nitrogens is 2. The predicted molar refractivity (Wildman–Crippen MR) is 104 cm³/mol. The minimum atomic E-state index is -0.112. The van der Waals surface area contributed by atoms with Crippen LogP contribution >= 0.6 is 0 Å². The Kier molecular flexibility index (Phi) is 2.42. The minimum absolute atomic E-state index is 0.112. The summed E-state index contributed by atoms with van der Waals surface area (Å²) in [6.07, 6.45) is 3.70. The van der Waals surface area contributed by atoms with Crippen LogP contribution < -0.4 is 0 Å². The highest BCUT2D eigenvalue weighted by Crippen LogP contribution is 2.52. The van der Waals surface area contributed by atoms with Gasteiger partial charge in [-0.05, 0) is 41.5 Å². The number of benzene rings is 2. The molecular formula is C23H16N2O. The summed E-state index contributed by atoms with van der Waals surface area (Å²) >= 11 is 0. The molecule has 124 valence electrons. The average Bonchev–Trinajstić information content (AvgIpc) is 3.12. The molecular weight excluding hydrogens is 320 g/mol. The normalized spacial score (nSPS) is 14.8. The second-order valence-corrected chi connectivity index (χ2v) is 7.53. The summed E-state index contributed by atoms with van der Waals surface area (Å²) in [5.41, 5.74) is 7.55. The monoisotopic (exact) mass is 336 g/mol. The second kappa shape index (κ2) is 4.50.